The number of allylic oxidation sites excluding steroid dienone is 2. The van der Waals surface area contributed by atoms with Crippen molar-refractivity contribution in [3.8, 4) is 0 Å². The fourth-order valence-electron chi connectivity index (χ4n) is 3.25. The minimum absolute atomic E-state index is 0.217. The Labute approximate surface area is 172 Å². The first-order valence-corrected chi connectivity index (χ1v) is 10.2. The highest BCUT2D eigenvalue weighted by molar-refractivity contribution is 5.80. The van der Waals surface area contributed by atoms with Crippen LogP contribution in [0.25, 0.3) is 5.70 Å². The number of anilines is 1. The van der Waals surface area contributed by atoms with Gasteiger partial charge in [-0.05, 0) is 49.9 Å². The first-order chi connectivity index (χ1) is 13.6. The van der Waals surface area contributed by atoms with Crippen LogP contribution in [0.5, 0.6) is 0 Å². The minimum Gasteiger partial charge on any atom is -0.388 e. The van der Waals surface area contributed by atoms with E-state index in [1.165, 1.54) is 28.1 Å². The molecule has 0 spiro atoms. The summed E-state index contributed by atoms with van der Waals surface area (Å²) in [5.41, 5.74) is 6.38. The molecule has 1 aromatic rings. The maximum absolute atomic E-state index is 3.70. The van der Waals surface area contributed by atoms with Gasteiger partial charge in [0.25, 0.3) is 0 Å². The summed E-state index contributed by atoms with van der Waals surface area (Å²) >= 11 is 0. The molecule has 1 atom stereocenters. The van der Waals surface area contributed by atoms with Crippen LogP contribution in [0.1, 0.15) is 31.9 Å². The van der Waals surface area contributed by atoms with Crippen molar-refractivity contribution in [3.05, 3.63) is 58.9 Å². The molecule has 5 heteroatoms. The lowest BCUT2D eigenvalue weighted by Crippen LogP contribution is -2.36. The summed E-state index contributed by atoms with van der Waals surface area (Å²) < 4.78 is 0. The summed E-state index contributed by atoms with van der Waals surface area (Å²) in [5, 5.41) is 13.0. The monoisotopic (exact) mass is 385 g/mol. The van der Waals surface area contributed by atoms with Gasteiger partial charge in [-0.2, -0.15) is 0 Å². The molecule has 2 aliphatic rings. The number of rotatable bonds is 4. The smallest absolute Gasteiger partial charge is 0.101 e. The second-order valence-corrected chi connectivity index (χ2v) is 6.59. The molecule has 0 bridgehead atoms. The first-order valence-electron chi connectivity index (χ1n) is 10.2. The van der Waals surface area contributed by atoms with Gasteiger partial charge in [0, 0.05) is 44.6 Å². The molecule has 4 N–H and O–H groups in total. The van der Waals surface area contributed by atoms with E-state index in [0.29, 0.717) is 0 Å². The zero-order valence-electron chi connectivity index (χ0n) is 18.9. The quantitative estimate of drug-likeness (QED) is 0.640. The van der Waals surface area contributed by atoms with Crippen molar-refractivity contribution in [1.82, 2.24) is 20.9 Å². The number of nitrogens with one attached hydrogen (secondary N) is 4. The molecule has 0 aromatic heterocycles. The summed E-state index contributed by atoms with van der Waals surface area (Å²) in [4.78, 5) is 2.24. The molecule has 0 amide bonds. The van der Waals surface area contributed by atoms with Crippen molar-refractivity contribution in [2.24, 2.45) is 0 Å². The van der Waals surface area contributed by atoms with Crippen LogP contribution < -0.4 is 21.3 Å². The third kappa shape index (κ3) is 5.80. The highest BCUT2D eigenvalue weighted by Gasteiger charge is 2.23. The Hall–Kier alpha value is -2.40. The number of likely N-dealkylation sites (N-methyl/N-ethyl adjacent to an activating group) is 1. The predicted octanol–water partition coefficient (Wildman–Crippen LogP) is 3.40. The minimum atomic E-state index is 0.217. The number of fused-ring (bicyclic) bond motifs is 1. The van der Waals surface area contributed by atoms with Gasteiger partial charge < -0.3 is 26.2 Å². The molecule has 0 radical (unpaired) electrons. The van der Waals surface area contributed by atoms with Crippen molar-refractivity contribution in [3.63, 3.8) is 0 Å². The van der Waals surface area contributed by atoms with E-state index in [0.717, 1.165) is 18.8 Å². The van der Waals surface area contributed by atoms with Crippen LogP contribution in [0.3, 0.4) is 0 Å². The molecule has 0 fully saturated rings. The molecule has 2 heterocycles. The Balaban J connectivity index is 0.000000717. The summed E-state index contributed by atoms with van der Waals surface area (Å²) in [7, 11) is 9.82. The van der Waals surface area contributed by atoms with Crippen molar-refractivity contribution < 1.29 is 0 Å². The van der Waals surface area contributed by atoms with Gasteiger partial charge in [0.1, 0.15) is 5.82 Å². The molecule has 0 saturated carbocycles. The largest absolute Gasteiger partial charge is 0.388 e. The van der Waals surface area contributed by atoms with Crippen LogP contribution in [-0.4, -0.2) is 52.7 Å². The number of benzene rings is 1. The Morgan fingerprint density at radius 2 is 1.75 bits per heavy atom. The van der Waals surface area contributed by atoms with E-state index < -0.39 is 0 Å². The average molecular weight is 386 g/mol. The second kappa shape index (κ2) is 12.1. The van der Waals surface area contributed by atoms with Gasteiger partial charge in [-0.15, -0.1) is 0 Å². The molecular weight excluding hydrogens is 346 g/mol. The first kappa shape index (κ1) is 23.6. The number of hydrogen-bond donors (Lipinski definition) is 4. The fourth-order valence-corrected chi connectivity index (χ4v) is 3.25. The van der Waals surface area contributed by atoms with E-state index in [2.05, 4.69) is 76.6 Å². The van der Waals surface area contributed by atoms with Gasteiger partial charge in [-0.1, -0.05) is 39.0 Å². The molecule has 1 unspecified atom stereocenters. The Morgan fingerprint density at radius 1 is 1.07 bits per heavy atom. The predicted molar refractivity (Wildman–Crippen MR) is 124 cm³/mol. The SMILES string of the molecule is CC.CCc1ccc2c(c1)NC(C1=CC=C(NC)N(C)C1)C=C2NC.CNC. The number of nitrogens with zero attached hydrogens (tertiary/aromatic N) is 1. The summed E-state index contributed by atoms with van der Waals surface area (Å²) in [5.74, 6) is 1.15. The molecule has 5 nitrogen and oxygen atoms in total. The zero-order chi connectivity index (χ0) is 21.1. The van der Waals surface area contributed by atoms with E-state index in [9.17, 15) is 0 Å². The second-order valence-electron chi connectivity index (χ2n) is 6.59. The van der Waals surface area contributed by atoms with Crippen LogP contribution in [0.4, 0.5) is 5.69 Å². The van der Waals surface area contributed by atoms with E-state index in [4.69, 9.17) is 0 Å². The van der Waals surface area contributed by atoms with Gasteiger partial charge in [-0.3, -0.25) is 0 Å². The lowest BCUT2D eigenvalue weighted by atomic mass is 9.94. The summed E-state index contributed by atoms with van der Waals surface area (Å²) in [6.07, 6.45) is 7.71. The maximum atomic E-state index is 3.70. The molecule has 156 valence electrons. The van der Waals surface area contributed by atoms with Crippen LogP contribution in [0.2, 0.25) is 0 Å². The van der Waals surface area contributed by atoms with Gasteiger partial charge >= 0.3 is 0 Å². The molecule has 0 aliphatic carbocycles. The average Bonchev–Trinajstić information content (AvgIpc) is 2.74. The van der Waals surface area contributed by atoms with E-state index >= 15 is 0 Å². The van der Waals surface area contributed by atoms with Crippen LogP contribution in [-0.2, 0) is 6.42 Å². The van der Waals surface area contributed by atoms with Crippen molar-refractivity contribution in [2.75, 3.05) is 47.1 Å². The highest BCUT2D eigenvalue weighted by Crippen LogP contribution is 2.32. The van der Waals surface area contributed by atoms with E-state index in [1.807, 2.05) is 42.0 Å². The normalized spacial score (nSPS) is 17.2. The lowest BCUT2D eigenvalue weighted by molar-refractivity contribution is 0.413. The van der Waals surface area contributed by atoms with Crippen molar-refractivity contribution in [1.29, 1.82) is 0 Å². The van der Waals surface area contributed by atoms with Crippen LogP contribution >= 0.6 is 0 Å². The molecule has 28 heavy (non-hydrogen) atoms. The summed E-state index contributed by atoms with van der Waals surface area (Å²) in [6, 6.07) is 6.91. The van der Waals surface area contributed by atoms with Gasteiger partial charge in [0.15, 0.2) is 0 Å². The van der Waals surface area contributed by atoms with Crippen LogP contribution in [0.15, 0.2) is 47.8 Å². The Kier molecular flexibility index (Phi) is 10.2. The van der Waals surface area contributed by atoms with Gasteiger partial charge in [0.2, 0.25) is 0 Å². The Morgan fingerprint density at radius 3 is 2.29 bits per heavy atom. The van der Waals surface area contributed by atoms with E-state index in [-0.39, 0.29) is 6.04 Å². The van der Waals surface area contributed by atoms with Gasteiger partial charge in [-0.25, -0.2) is 0 Å². The molecule has 3 rings (SSSR count). The third-order valence-electron chi connectivity index (χ3n) is 4.64. The van der Waals surface area contributed by atoms with Crippen LogP contribution in [0, 0.1) is 0 Å². The Bertz CT molecular complexity index is 703. The number of aryl methyl sites for hydroxylation is 1. The highest BCUT2D eigenvalue weighted by atomic mass is 15.2. The molecular formula is C23H39N5. The molecule has 1 aromatic carbocycles. The number of hydrogen-bond acceptors (Lipinski definition) is 5. The maximum Gasteiger partial charge on any atom is 0.101 e. The topological polar surface area (TPSA) is 51.4 Å². The zero-order valence-corrected chi connectivity index (χ0v) is 18.9. The lowest BCUT2D eigenvalue weighted by Gasteiger charge is -2.33. The van der Waals surface area contributed by atoms with Gasteiger partial charge in [0.05, 0.1) is 6.04 Å². The standard InChI is InChI=1S/C19H26N4.C2H7N.C2H6/c1-5-13-6-8-15-17(20-2)11-16(22-18(15)10-13)14-7-9-19(21-3)23(4)12-14;1-3-2;1-2/h6-11,16,20-22H,5,12H2,1-4H3;3H,1-2H3;1-2H3. The molecule has 2 aliphatic heterocycles. The van der Waals surface area contributed by atoms with Crippen molar-refractivity contribution in [2.45, 2.75) is 33.2 Å². The third-order valence-corrected chi connectivity index (χ3v) is 4.64. The van der Waals surface area contributed by atoms with E-state index in [1.54, 1.807) is 0 Å². The fraction of sp³-hybridized carbons (Fsp3) is 0.478. The van der Waals surface area contributed by atoms with Crippen molar-refractivity contribution >= 4 is 11.4 Å². The summed E-state index contributed by atoms with van der Waals surface area (Å²) in [6.45, 7) is 7.11. The molecule has 0 saturated heterocycles.